The van der Waals surface area contributed by atoms with Gasteiger partial charge in [-0.3, -0.25) is 0 Å². The van der Waals surface area contributed by atoms with Gasteiger partial charge in [-0.25, -0.2) is 0 Å². The van der Waals surface area contributed by atoms with Crippen molar-refractivity contribution in [2.24, 2.45) is 11.8 Å². The van der Waals surface area contributed by atoms with Crippen LogP contribution in [0.25, 0.3) is 0 Å². The third-order valence-corrected chi connectivity index (χ3v) is 4.32. The summed E-state index contributed by atoms with van der Waals surface area (Å²) in [7, 11) is 1.53. The predicted molar refractivity (Wildman–Crippen MR) is 77.9 cm³/mol. The first-order valence-corrected chi connectivity index (χ1v) is 7.25. The van der Waals surface area contributed by atoms with Crippen molar-refractivity contribution in [2.45, 2.75) is 32.7 Å². The van der Waals surface area contributed by atoms with Crippen LogP contribution in [0.15, 0.2) is 12.1 Å². The highest BCUT2D eigenvalue weighted by Crippen LogP contribution is 2.34. The van der Waals surface area contributed by atoms with Crippen LogP contribution in [0.2, 0.25) is 5.02 Å². The van der Waals surface area contributed by atoms with Gasteiger partial charge in [0, 0.05) is 23.2 Å². The molecule has 2 rings (SSSR count). The van der Waals surface area contributed by atoms with Gasteiger partial charge in [-0.2, -0.15) is 0 Å². The highest BCUT2D eigenvalue weighted by Gasteiger charge is 2.22. The maximum atomic E-state index is 10.0. The van der Waals surface area contributed by atoms with Crippen molar-refractivity contribution in [1.29, 1.82) is 0 Å². The molecule has 0 saturated heterocycles. The number of aromatic hydroxyl groups is 1. The largest absolute Gasteiger partial charge is 0.504 e. The van der Waals surface area contributed by atoms with Gasteiger partial charge in [0.15, 0.2) is 11.5 Å². The Hall–Kier alpha value is -0.930. The molecular weight excluding hydrogens is 262 g/mol. The summed E-state index contributed by atoms with van der Waals surface area (Å²) >= 11 is 6.01. The lowest BCUT2D eigenvalue weighted by molar-refractivity contribution is 0.365. The third-order valence-electron chi connectivity index (χ3n) is 4.10. The van der Waals surface area contributed by atoms with Crippen molar-refractivity contribution < 1.29 is 9.84 Å². The molecular formula is C15H22ClNO2. The number of halogens is 1. The van der Waals surface area contributed by atoms with Crippen molar-refractivity contribution in [3.8, 4) is 11.5 Å². The maximum absolute atomic E-state index is 10.0. The first-order valence-electron chi connectivity index (χ1n) is 6.88. The van der Waals surface area contributed by atoms with Gasteiger partial charge in [-0.05, 0) is 30.9 Å². The van der Waals surface area contributed by atoms with Gasteiger partial charge >= 0.3 is 0 Å². The molecule has 2 atom stereocenters. The van der Waals surface area contributed by atoms with E-state index in [1.807, 2.05) is 0 Å². The number of ether oxygens (including phenoxy) is 1. The fraction of sp³-hybridized carbons (Fsp3) is 0.600. The number of methoxy groups -OCH3 is 1. The molecule has 0 radical (unpaired) electrons. The molecule has 1 aliphatic rings. The molecule has 0 spiro atoms. The molecule has 2 N–H and O–H groups in total. The van der Waals surface area contributed by atoms with E-state index in [0.29, 0.717) is 17.3 Å². The zero-order chi connectivity index (χ0) is 13.8. The Bertz CT molecular complexity index is 436. The first-order chi connectivity index (χ1) is 9.11. The van der Waals surface area contributed by atoms with E-state index in [-0.39, 0.29) is 5.75 Å². The molecule has 2 unspecified atom stereocenters. The molecule has 1 aromatic rings. The zero-order valence-electron chi connectivity index (χ0n) is 11.6. The van der Waals surface area contributed by atoms with Crippen LogP contribution in [-0.2, 0) is 6.54 Å². The summed E-state index contributed by atoms with van der Waals surface area (Å²) in [4.78, 5) is 0. The Morgan fingerprint density at radius 2 is 2.21 bits per heavy atom. The highest BCUT2D eigenvalue weighted by atomic mass is 35.5. The Morgan fingerprint density at radius 3 is 2.84 bits per heavy atom. The lowest BCUT2D eigenvalue weighted by atomic mass is 9.98. The number of hydrogen-bond acceptors (Lipinski definition) is 3. The van der Waals surface area contributed by atoms with E-state index in [0.717, 1.165) is 23.9 Å². The third kappa shape index (κ3) is 3.54. The Labute approximate surface area is 119 Å². The Morgan fingerprint density at radius 1 is 1.42 bits per heavy atom. The summed E-state index contributed by atoms with van der Waals surface area (Å²) in [6, 6.07) is 3.41. The molecule has 19 heavy (non-hydrogen) atoms. The summed E-state index contributed by atoms with van der Waals surface area (Å²) in [5.74, 6) is 2.16. The molecule has 1 fully saturated rings. The van der Waals surface area contributed by atoms with Crippen LogP contribution in [0.5, 0.6) is 11.5 Å². The van der Waals surface area contributed by atoms with Gasteiger partial charge in [-0.1, -0.05) is 31.4 Å². The topological polar surface area (TPSA) is 41.5 Å². The highest BCUT2D eigenvalue weighted by molar-refractivity contribution is 6.30. The zero-order valence-corrected chi connectivity index (χ0v) is 12.3. The normalized spacial score (nSPS) is 22.7. The molecule has 4 heteroatoms. The van der Waals surface area contributed by atoms with Crippen LogP contribution < -0.4 is 10.1 Å². The second-order valence-corrected chi connectivity index (χ2v) is 5.85. The summed E-state index contributed by atoms with van der Waals surface area (Å²) < 4.78 is 5.10. The quantitative estimate of drug-likeness (QED) is 0.868. The molecule has 0 heterocycles. The van der Waals surface area contributed by atoms with Crippen molar-refractivity contribution in [1.82, 2.24) is 5.32 Å². The Balaban J connectivity index is 1.94. The molecule has 0 aliphatic heterocycles. The van der Waals surface area contributed by atoms with Crippen molar-refractivity contribution in [3.05, 3.63) is 22.7 Å². The van der Waals surface area contributed by atoms with E-state index in [2.05, 4.69) is 12.2 Å². The van der Waals surface area contributed by atoms with Crippen molar-refractivity contribution >= 4 is 11.6 Å². The second-order valence-electron chi connectivity index (χ2n) is 5.41. The van der Waals surface area contributed by atoms with Gasteiger partial charge in [-0.15, -0.1) is 0 Å². The van der Waals surface area contributed by atoms with E-state index in [4.69, 9.17) is 16.3 Å². The summed E-state index contributed by atoms with van der Waals surface area (Å²) in [6.07, 6.45) is 3.98. The number of rotatable bonds is 5. The lowest BCUT2D eigenvalue weighted by Gasteiger charge is -2.17. The number of nitrogens with one attached hydrogen (secondary N) is 1. The summed E-state index contributed by atoms with van der Waals surface area (Å²) in [5, 5.41) is 14.0. The fourth-order valence-electron chi connectivity index (χ4n) is 2.84. The van der Waals surface area contributed by atoms with E-state index in [1.54, 1.807) is 12.1 Å². The smallest absolute Gasteiger partial charge is 0.162 e. The minimum atomic E-state index is 0.180. The predicted octanol–water partition coefficient (Wildman–Crippen LogP) is 3.58. The van der Waals surface area contributed by atoms with Gasteiger partial charge in [0.25, 0.3) is 0 Å². The van der Waals surface area contributed by atoms with Crippen LogP contribution in [0.1, 0.15) is 31.7 Å². The average Bonchev–Trinajstić information content (AvgIpc) is 2.79. The molecule has 0 amide bonds. The number of phenols is 1. The van der Waals surface area contributed by atoms with E-state index < -0.39 is 0 Å². The van der Waals surface area contributed by atoms with Crippen LogP contribution >= 0.6 is 11.6 Å². The van der Waals surface area contributed by atoms with Crippen LogP contribution in [0.4, 0.5) is 0 Å². The SMILES string of the molecule is COc1cc(Cl)cc(CNCC2CCCC2C)c1O. The molecule has 1 saturated carbocycles. The molecule has 0 aromatic heterocycles. The second kappa shape index (κ2) is 6.49. The monoisotopic (exact) mass is 283 g/mol. The van der Waals surface area contributed by atoms with Crippen LogP contribution in [-0.4, -0.2) is 18.8 Å². The lowest BCUT2D eigenvalue weighted by Crippen LogP contribution is -2.24. The standard InChI is InChI=1S/C15H22ClNO2/c1-10-4-3-5-11(10)8-17-9-12-6-13(16)7-14(19-2)15(12)18/h6-7,10-11,17-18H,3-5,8-9H2,1-2H3. The molecule has 0 bridgehead atoms. The number of hydrogen-bond donors (Lipinski definition) is 2. The van der Waals surface area contributed by atoms with Crippen molar-refractivity contribution in [3.63, 3.8) is 0 Å². The van der Waals surface area contributed by atoms with Crippen LogP contribution in [0, 0.1) is 11.8 Å². The first kappa shape index (κ1) is 14.5. The summed E-state index contributed by atoms with van der Waals surface area (Å²) in [5.41, 5.74) is 0.787. The number of benzene rings is 1. The summed E-state index contributed by atoms with van der Waals surface area (Å²) in [6.45, 7) is 3.93. The minimum absolute atomic E-state index is 0.180. The average molecular weight is 284 g/mol. The molecule has 1 aliphatic carbocycles. The van der Waals surface area contributed by atoms with Crippen molar-refractivity contribution in [2.75, 3.05) is 13.7 Å². The van der Waals surface area contributed by atoms with E-state index in [9.17, 15) is 5.11 Å². The fourth-order valence-corrected chi connectivity index (χ4v) is 3.07. The number of phenolic OH excluding ortho intramolecular Hbond substituents is 1. The van der Waals surface area contributed by atoms with Gasteiger partial charge in [0.05, 0.1) is 7.11 Å². The van der Waals surface area contributed by atoms with E-state index in [1.165, 1.54) is 26.4 Å². The molecule has 3 nitrogen and oxygen atoms in total. The van der Waals surface area contributed by atoms with E-state index >= 15 is 0 Å². The molecule has 1 aromatic carbocycles. The minimum Gasteiger partial charge on any atom is -0.504 e. The maximum Gasteiger partial charge on any atom is 0.162 e. The van der Waals surface area contributed by atoms with Crippen LogP contribution in [0.3, 0.4) is 0 Å². The van der Waals surface area contributed by atoms with Gasteiger partial charge < -0.3 is 15.2 Å². The molecule has 106 valence electrons. The van der Waals surface area contributed by atoms with Gasteiger partial charge in [0.2, 0.25) is 0 Å². The Kier molecular flexibility index (Phi) is 4.94. The van der Waals surface area contributed by atoms with Gasteiger partial charge in [0.1, 0.15) is 0 Å².